The molecule has 0 radical (unpaired) electrons. The first-order chi connectivity index (χ1) is 16.3. The zero-order valence-corrected chi connectivity index (χ0v) is 19.1. The van der Waals surface area contributed by atoms with Gasteiger partial charge in [-0.1, -0.05) is 16.8 Å². The molecule has 0 spiro atoms. The van der Waals surface area contributed by atoms with Crippen LogP contribution in [0.3, 0.4) is 0 Å². The monoisotopic (exact) mass is 497 g/mol. The fourth-order valence-corrected chi connectivity index (χ4v) is 3.64. The summed E-state index contributed by atoms with van der Waals surface area (Å²) >= 11 is 0. The average Bonchev–Trinajstić information content (AvgIpc) is 3.06. The van der Waals surface area contributed by atoms with Gasteiger partial charge >= 0.3 is 13.8 Å². The predicted octanol–water partition coefficient (Wildman–Crippen LogP) is 2.18. The third-order valence-electron chi connectivity index (χ3n) is 4.28. The number of rotatable bonds is 16. The van der Waals surface area contributed by atoms with E-state index < -0.39 is 31.5 Å². The Kier molecular flexibility index (Phi) is 10.8. The van der Waals surface area contributed by atoms with Gasteiger partial charge in [0.15, 0.2) is 0 Å². The maximum Gasteiger partial charge on any atom is 0.511 e. The summed E-state index contributed by atoms with van der Waals surface area (Å²) in [5, 5.41) is 9.30. The number of carbonyl (C=O) groups excluding carboxylic acids is 4. The number of hydrogen-bond donors (Lipinski definition) is 1. The van der Waals surface area contributed by atoms with Gasteiger partial charge in [-0.25, -0.2) is 9.36 Å². The first kappa shape index (κ1) is 27.1. The molecular weight excluding hydrogens is 473 g/mol. The molecule has 0 fully saturated rings. The van der Waals surface area contributed by atoms with Crippen molar-refractivity contribution in [1.29, 1.82) is 5.26 Å². The highest BCUT2D eigenvalue weighted by Gasteiger charge is 2.36. The van der Waals surface area contributed by atoms with Gasteiger partial charge in [0.05, 0.1) is 49.9 Å². The van der Waals surface area contributed by atoms with Crippen LogP contribution in [-0.2, 0) is 37.6 Å². The van der Waals surface area contributed by atoms with E-state index in [1.165, 1.54) is 0 Å². The number of nitriles is 1. The molecule has 184 valence electrons. The van der Waals surface area contributed by atoms with E-state index in [1.54, 1.807) is 30.3 Å². The van der Waals surface area contributed by atoms with Gasteiger partial charge in [-0.2, -0.15) is 5.26 Å². The van der Waals surface area contributed by atoms with Gasteiger partial charge < -0.3 is 5.73 Å². The fourth-order valence-electron chi connectivity index (χ4n) is 2.64. The van der Waals surface area contributed by atoms with Crippen molar-refractivity contribution in [2.45, 2.75) is 38.5 Å². The van der Waals surface area contributed by atoms with Crippen LogP contribution >= 0.6 is 7.82 Å². The molecule has 1 aromatic carbocycles. The Labute approximate surface area is 195 Å². The highest BCUT2D eigenvalue weighted by molar-refractivity contribution is 7.48. The minimum absolute atomic E-state index is 0.0791. The largest absolute Gasteiger partial charge is 0.511 e. The van der Waals surface area contributed by atoms with Crippen molar-refractivity contribution >= 4 is 31.5 Å². The maximum atomic E-state index is 12.5. The molecule has 1 heterocycles. The first-order valence-corrected chi connectivity index (χ1v) is 11.8. The number of carbonyl (C=O) groups is 4. The summed E-state index contributed by atoms with van der Waals surface area (Å²) in [5.41, 5.74) is 5.48. The smallest absolute Gasteiger partial charge is 0.370 e. The summed E-state index contributed by atoms with van der Waals surface area (Å²) in [6.07, 6.45) is 0.517. The predicted molar refractivity (Wildman–Crippen MR) is 112 cm³/mol. The van der Waals surface area contributed by atoms with Crippen LogP contribution in [0.4, 0.5) is 0 Å². The first-order valence-electron chi connectivity index (χ1n) is 10.3. The molecular formula is C20H24N3O10P. The minimum atomic E-state index is -4.31. The third-order valence-corrected chi connectivity index (χ3v) is 5.53. The van der Waals surface area contributed by atoms with Crippen molar-refractivity contribution in [3.8, 4) is 6.07 Å². The minimum Gasteiger partial charge on any atom is -0.370 e. The van der Waals surface area contributed by atoms with E-state index in [0.717, 1.165) is 5.06 Å². The van der Waals surface area contributed by atoms with Gasteiger partial charge in [0.1, 0.15) is 0 Å². The van der Waals surface area contributed by atoms with Crippen molar-refractivity contribution in [1.82, 2.24) is 5.06 Å². The van der Waals surface area contributed by atoms with Crippen LogP contribution in [0, 0.1) is 11.3 Å². The number of nitrogens with two attached hydrogens (primary N) is 1. The lowest BCUT2D eigenvalue weighted by atomic mass is 10.1. The second-order valence-corrected chi connectivity index (χ2v) is 8.42. The summed E-state index contributed by atoms with van der Waals surface area (Å²) in [7, 11) is -4.31. The number of hydroxylamine groups is 2. The van der Waals surface area contributed by atoms with Crippen LogP contribution in [0.1, 0.15) is 59.2 Å². The van der Waals surface area contributed by atoms with E-state index in [9.17, 15) is 23.7 Å². The Hall–Kier alpha value is -3.14. The Morgan fingerprint density at radius 2 is 1.59 bits per heavy atom. The van der Waals surface area contributed by atoms with Crippen LogP contribution < -0.4 is 5.73 Å². The zero-order chi connectivity index (χ0) is 25.0. The quantitative estimate of drug-likeness (QED) is 0.116. The molecule has 2 N–H and O–H groups in total. The van der Waals surface area contributed by atoms with Crippen molar-refractivity contribution < 1.29 is 47.2 Å². The Balaban J connectivity index is 1.69. The lowest BCUT2D eigenvalue weighted by Crippen LogP contribution is -2.30. The second kappa shape index (κ2) is 13.5. The summed E-state index contributed by atoms with van der Waals surface area (Å²) < 4.78 is 27.0. The SMILES string of the molecule is N#CCCOP(=O)(OCCCCCON1C(=O)c2ccccc2C1=O)OOC(=O)CCC(N)=O. The third kappa shape index (κ3) is 8.33. The summed E-state index contributed by atoms with van der Waals surface area (Å²) in [4.78, 5) is 56.2. The van der Waals surface area contributed by atoms with Gasteiger partial charge in [-0.15, -0.1) is 5.06 Å². The molecule has 13 nitrogen and oxygen atoms in total. The highest BCUT2D eigenvalue weighted by Crippen LogP contribution is 2.50. The Morgan fingerprint density at radius 3 is 2.21 bits per heavy atom. The topological polar surface area (TPSA) is 185 Å². The van der Waals surface area contributed by atoms with Crippen molar-refractivity contribution in [3.05, 3.63) is 35.4 Å². The molecule has 1 unspecified atom stereocenters. The number of benzene rings is 1. The summed E-state index contributed by atoms with van der Waals surface area (Å²) in [6.45, 7) is -0.327. The van der Waals surface area contributed by atoms with Gasteiger partial charge in [-0.3, -0.25) is 33.2 Å². The number of nitrogens with zero attached hydrogens (tertiary/aromatic N) is 2. The Morgan fingerprint density at radius 1 is 0.971 bits per heavy atom. The normalized spacial score (nSPS) is 14.4. The van der Waals surface area contributed by atoms with Crippen LogP contribution in [0.2, 0.25) is 0 Å². The number of fused-ring (bicyclic) bond motifs is 1. The molecule has 0 saturated carbocycles. The molecule has 1 aromatic rings. The number of imide groups is 1. The van der Waals surface area contributed by atoms with Gasteiger partial charge in [0.2, 0.25) is 5.91 Å². The van der Waals surface area contributed by atoms with Crippen molar-refractivity contribution in [2.24, 2.45) is 5.73 Å². The zero-order valence-electron chi connectivity index (χ0n) is 18.2. The summed E-state index contributed by atoms with van der Waals surface area (Å²) in [5.74, 6) is -2.78. The van der Waals surface area contributed by atoms with Crippen LogP contribution in [0.5, 0.6) is 0 Å². The highest BCUT2D eigenvalue weighted by atomic mass is 31.2. The molecule has 3 amide bonds. The van der Waals surface area contributed by atoms with Crippen LogP contribution in [0.25, 0.3) is 0 Å². The number of primary amides is 1. The molecule has 34 heavy (non-hydrogen) atoms. The average molecular weight is 497 g/mol. The van der Waals surface area contributed by atoms with E-state index in [4.69, 9.17) is 24.9 Å². The van der Waals surface area contributed by atoms with Gasteiger partial charge in [0.25, 0.3) is 11.8 Å². The van der Waals surface area contributed by atoms with E-state index >= 15 is 0 Å². The Bertz CT molecular complexity index is 958. The molecule has 0 aromatic heterocycles. The molecule has 1 aliphatic heterocycles. The fraction of sp³-hybridized carbons (Fsp3) is 0.450. The molecule has 0 aliphatic carbocycles. The van der Waals surface area contributed by atoms with Crippen molar-refractivity contribution in [2.75, 3.05) is 19.8 Å². The van der Waals surface area contributed by atoms with Crippen LogP contribution in [0.15, 0.2) is 24.3 Å². The number of phosphoric acid groups is 1. The van der Waals surface area contributed by atoms with Crippen molar-refractivity contribution in [3.63, 3.8) is 0 Å². The van der Waals surface area contributed by atoms with E-state index in [-0.39, 0.29) is 50.2 Å². The number of unbranched alkanes of at least 4 members (excludes halogenated alkanes) is 2. The van der Waals surface area contributed by atoms with Gasteiger partial charge in [0, 0.05) is 6.42 Å². The lowest BCUT2D eigenvalue weighted by Gasteiger charge is -2.16. The lowest BCUT2D eigenvalue weighted by molar-refractivity contribution is -0.225. The standard InChI is InChI=1S/C20H24N3O10P/c21-11-6-14-31-34(28,33-32-18(25)10-9-17(22)24)30-13-5-1-4-12-29-23-19(26)15-7-2-3-8-16(15)20(23)27/h2-3,7-8H,1,4-6,9-10,12-14H2,(H2,22,24). The summed E-state index contributed by atoms with van der Waals surface area (Å²) in [6, 6.07) is 8.18. The van der Waals surface area contributed by atoms with E-state index in [0.29, 0.717) is 19.3 Å². The molecule has 0 saturated heterocycles. The molecule has 2 rings (SSSR count). The van der Waals surface area contributed by atoms with Gasteiger partial charge in [-0.05, 0) is 31.4 Å². The number of amides is 3. The van der Waals surface area contributed by atoms with E-state index in [1.807, 2.05) is 0 Å². The number of hydrogen-bond acceptors (Lipinski definition) is 11. The molecule has 1 aliphatic rings. The molecule has 0 bridgehead atoms. The number of phosphoric ester groups is 1. The second-order valence-electron chi connectivity index (χ2n) is 6.86. The van der Waals surface area contributed by atoms with Crippen LogP contribution in [-0.4, -0.2) is 48.6 Å². The maximum absolute atomic E-state index is 12.5. The van der Waals surface area contributed by atoms with E-state index in [2.05, 4.69) is 9.56 Å². The molecule has 14 heteroatoms. The molecule has 1 atom stereocenters.